The van der Waals surface area contributed by atoms with Crippen LogP contribution in [0.2, 0.25) is 0 Å². The van der Waals surface area contributed by atoms with E-state index in [4.69, 9.17) is 4.74 Å². The Morgan fingerprint density at radius 1 is 1.05 bits per heavy atom. The molecule has 0 amide bonds. The first-order valence-corrected chi connectivity index (χ1v) is 7.68. The van der Waals surface area contributed by atoms with E-state index >= 15 is 0 Å². The predicted molar refractivity (Wildman–Crippen MR) is 85.3 cm³/mol. The Bertz CT molecular complexity index is 930. The van der Waals surface area contributed by atoms with Crippen molar-refractivity contribution < 1.29 is 4.74 Å². The molecule has 22 heavy (non-hydrogen) atoms. The van der Waals surface area contributed by atoms with Gasteiger partial charge in [0, 0.05) is 17.3 Å². The predicted octanol–water partition coefficient (Wildman–Crippen LogP) is 3.95. The van der Waals surface area contributed by atoms with Crippen molar-refractivity contribution in [3.63, 3.8) is 0 Å². The van der Waals surface area contributed by atoms with Crippen LogP contribution in [-0.2, 0) is 0 Å². The van der Waals surface area contributed by atoms with Crippen LogP contribution in [0, 0.1) is 6.92 Å². The van der Waals surface area contributed by atoms with E-state index in [0.29, 0.717) is 11.7 Å². The molecule has 0 aliphatic rings. The minimum absolute atomic E-state index is 0.522. The molecule has 0 unspecified atom stereocenters. The second kappa shape index (κ2) is 5.23. The molecule has 0 radical (unpaired) electrons. The zero-order valence-electron chi connectivity index (χ0n) is 11.8. The van der Waals surface area contributed by atoms with Gasteiger partial charge in [0.05, 0.1) is 0 Å². The summed E-state index contributed by atoms with van der Waals surface area (Å²) < 4.78 is 7.69. The van der Waals surface area contributed by atoms with Gasteiger partial charge in [-0.25, -0.2) is 9.50 Å². The Labute approximate surface area is 130 Å². The van der Waals surface area contributed by atoms with Gasteiger partial charge in [0.1, 0.15) is 11.3 Å². The van der Waals surface area contributed by atoms with Crippen molar-refractivity contribution in [1.82, 2.24) is 19.6 Å². The molecule has 0 atom stereocenters. The molecule has 108 valence electrons. The van der Waals surface area contributed by atoms with Crippen molar-refractivity contribution >= 4 is 16.9 Å². The molecule has 3 aromatic heterocycles. The standard InChI is InChI=1S/C16H12N4OS/c1-11-10-22-16(17-11)14-18-15(13-8-5-9-20(13)19-14)21-12-6-3-2-4-7-12/h2-10H,1H3. The lowest BCUT2D eigenvalue weighted by molar-refractivity contribution is 0.464. The molecule has 0 bridgehead atoms. The molecule has 0 aliphatic heterocycles. The molecular formula is C16H12N4OS. The van der Waals surface area contributed by atoms with Crippen molar-refractivity contribution in [2.45, 2.75) is 6.92 Å². The number of rotatable bonds is 3. The molecule has 4 aromatic rings. The minimum atomic E-state index is 0.522. The molecule has 4 rings (SSSR count). The first-order chi connectivity index (χ1) is 10.8. The van der Waals surface area contributed by atoms with E-state index in [0.717, 1.165) is 22.0 Å². The van der Waals surface area contributed by atoms with Crippen LogP contribution in [0.4, 0.5) is 0 Å². The van der Waals surface area contributed by atoms with E-state index in [1.807, 2.05) is 61.0 Å². The number of aromatic nitrogens is 4. The van der Waals surface area contributed by atoms with E-state index in [1.54, 1.807) is 4.52 Å². The fraction of sp³-hybridized carbons (Fsp3) is 0.0625. The van der Waals surface area contributed by atoms with Gasteiger partial charge in [0.15, 0.2) is 5.01 Å². The molecule has 6 heteroatoms. The SMILES string of the molecule is Cc1csc(-c2nc(Oc3ccccc3)c3cccn3n2)n1. The Hall–Kier alpha value is -2.73. The Kier molecular flexibility index (Phi) is 3.08. The van der Waals surface area contributed by atoms with Crippen LogP contribution >= 0.6 is 11.3 Å². The highest BCUT2D eigenvalue weighted by Gasteiger charge is 2.13. The van der Waals surface area contributed by atoms with Crippen LogP contribution < -0.4 is 4.74 Å². The lowest BCUT2D eigenvalue weighted by Crippen LogP contribution is -2.00. The largest absolute Gasteiger partial charge is 0.437 e. The third kappa shape index (κ3) is 2.33. The number of benzene rings is 1. The lowest BCUT2D eigenvalue weighted by atomic mass is 10.3. The number of nitrogens with zero attached hydrogens (tertiary/aromatic N) is 4. The van der Waals surface area contributed by atoms with Crippen molar-refractivity contribution in [2.75, 3.05) is 0 Å². The van der Waals surface area contributed by atoms with E-state index in [-0.39, 0.29) is 0 Å². The average molecular weight is 308 g/mol. The lowest BCUT2D eigenvalue weighted by Gasteiger charge is -2.07. The molecule has 5 nitrogen and oxygen atoms in total. The van der Waals surface area contributed by atoms with Gasteiger partial charge in [-0.15, -0.1) is 16.4 Å². The van der Waals surface area contributed by atoms with Crippen molar-refractivity contribution in [1.29, 1.82) is 0 Å². The summed E-state index contributed by atoms with van der Waals surface area (Å²) in [7, 11) is 0. The van der Waals surface area contributed by atoms with Crippen LogP contribution in [0.15, 0.2) is 54.0 Å². The summed E-state index contributed by atoms with van der Waals surface area (Å²) in [4.78, 5) is 8.99. The van der Waals surface area contributed by atoms with Gasteiger partial charge in [-0.05, 0) is 31.2 Å². The number of hydrogen-bond acceptors (Lipinski definition) is 5. The average Bonchev–Trinajstić information content (AvgIpc) is 3.17. The van der Waals surface area contributed by atoms with Gasteiger partial charge < -0.3 is 4.74 Å². The van der Waals surface area contributed by atoms with Gasteiger partial charge >= 0.3 is 0 Å². The number of thiazole rings is 1. The molecular weight excluding hydrogens is 296 g/mol. The molecule has 1 aromatic carbocycles. The number of ether oxygens (including phenoxy) is 1. The second-order valence-corrected chi connectivity index (χ2v) is 5.65. The maximum Gasteiger partial charge on any atom is 0.247 e. The summed E-state index contributed by atoms with van der Waals surface area (Å²) in [5.41, 5.74) is 1.78. The monoisotopic (exact) mass is 308 g/mol. The first-order valence-electron chi connectivity index (χ1n) is 6.80. The van der Waals surface area contributed by atoms with Crippen LogP contribution in [0.25, 0.3) is 16.3 Å². The third-order valence-electron chi connectivity index (χ3n) is 3.13. The normalized spacial score (nSPS) is 11.0. The topological polar surface area (TPSA) is 52.3 Å². The summed E-state index contributed by atoms with van der Waals surface area (Å²) in [5.74, 6) is 1.83. The highest BCUT2D eigenvalue weighted by atomic mass is 32.1. The van der Waals surface area contributed by atoms with Gasteiger partial charge in [0.2, 0.25) is 11.7 Å². The summed E-state index contributed by atoms with van der Waals surface area (Å²) in [5, 5.41) is 7.26. The number of fused-ring (bicyclic) bond motifs is 1. The van der Waals surface area contributed by atoms with Gasteiger partial charge in [-0.1, -0.05) is 18.2 Å². The van der Waals surface area contributed by atoms with Crippen LogP contribution in [-0.4, -0.2) is 19.6 Å². The molecule has 0 fully saturated rings. The third-order valence-corrected chi connectivity index (χ3v) is 4.08. The highest BCUT2D eigenvalue weighted by molar-refractivity contribution is 7.13. The van der Waals surface area contributed by atoms with E-state index in [2.05, 4.69) is 15.1 Å². The minimum Gasteiger partial charge on any atom is -0.437 e. The van der Waals surface area contributed by atoms with Gasteiger partial charge in [-0.2, -0.15) is 4.98 Å². The number of hydrogen-bond donors (Lipinski definition) is 0. The molecule has 3 heterocycles. The molecule has 0 saturated heterocycles. The molecule has 0 aliphatic carbocycles. The quantitative estimate of drug-likeness (QED) is 0.575. The maximum atomic E-state index is 5.92. The van der Waals surface area contributed by atoms with Crippen molar-refractivity contribution in [2.24, 2.45) is 0 Å². The Morgan fingerprint density at radius 3 is 2.68 bits per heavy atom. The van der Waals surface area contributed by atoms with Crippen LogP contribution in [0.5, 0.6) is 11.6 Å². The van der Waals surface area contributed by atoms with Crippen LogP contribution in [0.3, 0.4) is 0 Å². The fourth-order valence-corrected chi connectivity index (χ4v) is 2.85. The zero-order chi connectivity index (χ0) is 14.9. The van der Waals surface area contributed by atoms with Crippen LogP contribution in [0.1, 0.15) is 5.69 Å². The van der Waals surface area contributed by atoms with E-state index in [1.165, 1.54) is 11.3 Å². The van der Waals surface area contributed by atoms with E-state index in [9.17, 15) is 0 Å². The smallest absolute Gasteiger partial charge is 0.247 e. The molecule has 0 N–H and O–H groups in total. The summed E-state index contributed by atoms with van der Waals surface area (Å²) >= 11 is 1.52. The summed E-state index contributed by atoms with van der Waals surface area (Å²) in [6, 6.07) is 13.4. The van der Waals surface area contributed by atoms with E-state index < -0.39 is 0 Å². The maximum absolute atomic E-state index is 5.92. The fourth-order valence-electron chi connectivity index (χ4n) is 2.13. The van der Waals surface area contributed by atoms with Crippen molar-refractivity contribution in [3.05, 3.63) is 59.7 Å². The van der Waals surface area contributed by atoms with Crippen molar-refractivity contribution in [3.8, 4) is 22.5 Å². The molecule has 0 spiro atoms. The first kappa shape index (κ1) is 13.0. The number of para-hydroxylation sites is 1. The highest BCUT2D eigenvalue weighted by Crippen LogP contribution is 2.27. The van der Waals surface area contributed by atoms with Gasteiger partial charge in [-0.3, -0.25) is 0 Å². The Morgan fingerprint density at radius 2 is 1.91 bits per heavy atom. The van der Waals surface area contributed by atoms with Gasteiger partial charge in [0.25, 0.3) is 0 Å². The summed E-state index contributed by atoms with van der Waals surface area (Å²) in [6.45, 7) is 1.95. The number of aryl methyl sites for hydroxylation is 1. The second-order valence-electron chi connectivity index (χ2n) is 4.79. The molecule has 0 saturated carbocycles. The summed E-state index contributed by atoms with van der Waals surface area (Å²) in [6.07, 6.45) is 1.87. The Balaban J connectivity index is 1.84. The zero-order valence-corrected chi connectivity index (χ0v) is 12.6.